The van der Waals surface area contributed by atoms with Crippen LogP contribution in [0.1, 0.15) is 49.6 Å². The SMILES string of the molecule is CCN(C(=O)c1n[nH]c(C(C)C)n1)C1CCNC1. The van der Waals surface area contributed by atoms with Crippen LogP contribution < -0.4 is 5.32 Å². The van der Waals surface area contributed by atoms with E-state index in [1.807, 2.05) is 25.7 Å². The number of carbonyl (C=O) groups is 1. The second kappa shape index (κ2) is 5.48. The smallest absolute Gasteiger partial charge is 0.293 e. The summed E-state index contributed by atoms with van der Waals surface area (Å²) >= 11 is 0. The van der Waals surface area contributed by atoms with Crippen LogP contribution in [-0.2, 0) is 0 Å². The Balaban J connectivity index is 2.12. The maximum absolute atomic E-state index is 12.4. The normalized spacial score (nSPS) is 19.4. The van der Waals surface area contributed by atoms with E-state index in [4.69, 9.17) is 0 Å². The van der Waals surface area contributed by atoms with Gasteiger partial charge in [-0.05, 0) is 19.9 Å². The van der Waals surface area contributed by atoms with Gasteiger partial charge in [0.05, 0.1) is 0 Å². The zero-order valence-corrected chi connectivity index (χ0v) is 11.2. The first-order valence-corrected chi connectivity index (χ1v) is 6.57. The molecule has 100 valence electrons. The van der Waals surface area contributed by atoms with Crippen LogP contribution in [0, 0.1) is 0 Å². The monoisotopic (exact) mass is 251 g/mol. The summed E-state index contributed by atoms with van der Waals surface area (Å²) in [6, 6.07) is 0.267. The van der Waals surface area contributed by atoms with Gasteiger partial charge in [0.2, 0.25) is 5.82 Å². The Bertz CT molecular complexity index is 408. The molecule has 1 atom stereocenters. The number of H-pyrrole nitrogens is 1. The number of carbonyl (C=O) groups excluding carboxylic acids is 1. The lowest BCUT2D eigenvalue weighted by molar-refractivity contribution is 0.0691. The molecule has 2 heterocycles. The van der Waals surface area contributed by atoms with Crippen LogP contribution in [-0.4, -0.2) is 51.7 Å². The van der Waals surface area contributed by atoms with Gasteiger partial charge in [-0.3, -0.25) is 9.89 Å². The standard InChI is InChI=1S/C12H21N5O/c1-4-17(9-5-6-13-7-9)12(18)11-14-10(8(2)3)15-16-11/h8-9,13H,4-7H2,1-3H3,(H,14,15,16). The highest BCUT2D eigenvalue weighted by atomic mass is 16.2. The maximum Gasteiger partial charge on any atom is 0.293 e. The van der Waals surface area contributed by atoms with Gasteiger partial charge in [-0.1, -0.05) is 13.8 Å². The number of rotatable bonds is 4. The molecule has 1 aliphatic rings. The van der Waals surface area contributed by atoms with Crippen molar-refractivity contribution in [3.8, 4) is 0 Å². The highest BCUT2D eigenvalue weighted by Gasteiger charge is 2.28. The van der Waals surface area contributed by atoms with Crippen molar-refractivity contribution in [2.45, 2.75) is 39.2 Å². The van der Waals surface area contributed by atoms with Crippen LogP contribution in [0.3, 0.4) is 0 Å². The van der Waals surface area contributed by atoms with Crippen molar-refractivity contribution < 1.29 is 4.79 Å². The lowest BCUT2D eigenvalue weighted by Gasteiger charge is -2.25. The van der Waals surface area contributed by atoms with E-state index in [1.165, 1.54) is 0 Å². The number of aromatic nitrogens is 3. The van der Waals surface area contributed by atoms with Gasteiger partial charge < -0.3 is 10.2 Å². The summed E-state index contributed by atoms with van der Waals surface area (Å²) in [4.78, 5) is 18.5. The quantitative estimate of drug-likeness (QED) is 0.828. The van der Waals surface area contributed by atoms with Crippen molar-refractivity contribution in [2.75, 3.05) is 19.6 Å². The van der Waals surface area contributed by atoms with Crippen molar-refractivity contribution >= 4 is 5.91 Å². The first kappa shape index (κ1) is 13.0. The van der Waals surface area contributed by atoms with Crippen LogP contribution in [0.4, 0.5) is 0 Å². The molecule has 6 heteroatoms. The van der Waals surface area contributed by atoms with Crippen molar-refractivity contribution in [1.29, 1.82) is 0 Å². The van der Waals surface area contributed by atoms with Gasteiger partial charge in [0.25, 0.3) is 5.91 Å². The van der Waals surface area contributed by atoms with Crippen LogP contribution in [0.2, 0.25) is 0 Å². The van der Waals surface area contributed by atoms with Crippen LogP contribution in [0.5, 0.6) is 0 Å². The van der Waals surface area contributed by atoms with E-state index in [0.717, 1.165) is 25.3 Å². The van der Waals surface area contributed by atoms with E-state index < -0.39 is 0 Å². The topological polar surface area (TPSA) is 73.9 Å². The first-order chi connectivity index (χ1) is 8.63. The third-order valence-corrected chi connectivity index (χ3v) is 3.32. The summed E-state index contributed by atoms with van der Waals surface area (Å²) in [5, 5.41) is 10.1. The third kappa shape index (κ3) is 2.53. The number of aromatic amines is 1. The molecule has 0 aliphatic carbocycles. The number of nitrogens with zero attached hydrogens (tertiary/aromatic N) is 3. The average Bonchev–Trinajstić information content (AvgIpc) is 3.01. The van der Waals surface area contributed by atoms with Gasteiger partial charge >= 0.3 is 0 Å². The van der Waals surface area contributed by atoms with Gasteiger partial charge in [0, 0.05) is 25.0 Å². The fourth-order valence-electron chi connectivity index (χ4n) is 2.23. The Hall–Kier alpha value is -1.43. The van der Waals surface area contributed by atoms with E-state index in [-0.39, 0.29) is 23.7 Å². The molecule has 1 aliphatic heterocycles. The summed E-state index contributed by atoms with van der Waals surface area (Å²) in [6.07, 6.45) is 1.00. The lowest BCUT2D eigenvalue weighted by Crippen LogP contribution is -2.41. The molecule has 2 N–H and O–H groups in total. The molecule has 2 rings (SSSR count). The summed E-state index contributed by atoms with van der Waals surface area (Å²) in [7, 11) is 0. The van der Waals surface area contributed by atoms with Crippen molar-refractivity contribution in [3.05, 3.63) is 11.6 Å². The predicted molar refractivity (Wildman–Crippen MR) is 68.5 cm³/mol. The molecule has 18 heavy (non-hydrogen) atoms. The van der Waals surface area contributed by atoms with Gasteiger partial charge in [-0.25, -0.2) is 4.98 Å². The highest BCUT2D eigenvalue weighted by Crippen LogP contribution is 2.13. The predicted octanol–water partition coefficient (Wildman–Crippen LogP) is 0.752. The van der Waals surface area contributed by atoms with Gasteiger partial charge in [0.15, 0.2) is 0 Å². The zero-order chi connectivity index (χ0) is 13.1. The molecular formula is C12H21N5O. The fraction of sp³-hybridized carbons (Fsp3) is 0.750. The second-order valence-electron chi connectivity index (χ2n) is 4.94. The average molecular weight is 251 g/mol. The minimum absolute atomic E-state index is 0.0747. The highest BCUT2D eigenvalue weighted by molar-refractivity contribution is 5.90. The van der Waals surface area contributed by atoms with Crippen LogP contribution >= 0.6 is 0 Å². The molecule has 1 aromatic rings. The van der Waals surface area contributed by atoms with E-state index >= 15 is 0 Å². The minimum atomic E-state index is -0.0747. The van der Waals surface area contributed by atoms with Crippen molar-refractivity contribution in [3.63, 3.8) is 0 Å². The fourth-order valence-corrected chi connectivity index (χ4v) is 2.23. The van der Waals surface area contributed by atoms with Crippen LogP contribution in [0.25, 0.3) is 0 Å². The van der Waals surface area contributed by atoms with Gasteiger partial charge in [-0.15, -0.1) is 5.10 Å². The Morgan fingerprint density at radius 1 is 1.56 bits per heavy atom. The summed E-state index contributed by atoms with van der Waals surface area (Å²) < 4.78 is 0. The first-order valence-electron chi connectivity index (χ1n) is 6.57. The molecule has 0 aromatic carbocycles. The van der Waals surface area contributed by atoms with E-state index in [1.54, 1.807) is 0 Å². The second-order valence-corrected chi connectivity index (χ2v) is 4.94. The molecule has 1 amide bonds. The number of amides is 1. The Kier molecular flexibility index (Phi) is 3.96. The lowest BCUT2D eigenvalue weighted by atomic mass is 10.2. The van der Waals surface area contributed by atoms with Gasteiger partial charge in [0.1, 0.15) is 5.82 Å². The van der Waals surface area contributed by atoms with E-state index in [2.05, 4.69) is 20.5 Å². The Morgan fingerprint density at radius 3 is 2.83 bits per heavy atom. The Labute approximate surface area is 107 Å². The molecule has 0 radical (unpaired) electrons. The molecule has 0 spiro atoms. The minimum Gasteiger partial charge on any atom is -0.332 e. The number of hydrogen-bond donors (Lipinski definition) is 2. The largest absolute Gasteiger partial charge is 0.332 e. The summed E-state index contributed by atoms with van der Waals surface area (Å²) in [6.45, 7) is 8.56. The molecule has 1 unspecified atom stereocenters. The molecule has 1 fully saturated rings. The third-order valence-electron chi connectivity index (χ3n) is 3.32. The Morgan fingerprint density at radius 2 is 2.33 bits per heavy atom. The molecule has 0 saturated carbocycles. The molecule has 1 saturated heterocycles. The molecular weight excluding hydrogens is 230 g/mol. The van der Waals surface area contributed by atoms with Crippen molar-refractivity contribution in [2.24, 2.45) is 0 Å². The van der Waals surface area contributed by atoms with Gasteiger partial charge in [-0.2, -0.15) is 0 Å². The summed E-state index contributed by atoms with van der Waals surface area (Å²) in [5.41, 5.74) is 0. The van der Waals surface area contributed by atoms with Crippen molar-refractivity contribution in [1.82, 2.24) is 25.4 Å². The summed E-state index contributed by atoms with van der Waals surface area (Å²) in [5.74, 6) is 1.23. The molecule has 6 nitrogen and oxygen atoms in total. The van der Waals surface area contributed by atoms with E-state index in [0.29, 0.717) is 6.54 Å². The maximum atomic E-state index is 12.4. The zero-order valence-electron chi connectivity index (χ0n) is 11.2. The number of likely N-dealkylation sites (N-methyl/N-ethyl adjacent to an activating group) is 1. The number of nitrogens with one attached hydrogen (secondary N) is 2. The number of hydrogen-bond acceptors (Lipinski definition) is 4. The van der Waals surface area contributed by atoms with E-state index in [9.17, 15) is 4.79 Å². The molecule has 0 bridgehead atoms. The van der Waals surface area contributed by atoms with Crippen LogP contribution in [0.15, 0.2) is 0 Å². The molecule has 1 aromatic heterocycles.